The Kier molecular flexibility index (Phi) is 5.21. The van der Waals surface area contributed by atoms with Crippen LogP contribution in [0.3, 0.4) is 0 Å². The zero-order valence-corrected chi connectivity index (χ0v) is 15.0. The second kappa shape index (κ2) is 6.74. The summed E-state index contributed by atoms with van der Waals surface area (Å²) < 4.78 is 24.7. The van der Waals surface area contributed by atoms with Gasteiger partial charge in [-0.2, -0.15) is 0 Å². The van der Waals surface area contributed by atoms with E-state index >= 15 is 0 Å². The topological polar surface area (TPSA) is 35.5 Å². The molecule has 2 aromatic rings. The maximum Gasteiger partial charge on any atom is 0.195 e. The van der Waals surface area contributed by atoms with Crippen LogP contribution in [0.1, 0.15) is 15.9 Å². The van der Waals surface area contributed by atoms with Crippen LogP contribution in [-0.4, -0.2) is 20.0 Å². The number of halogens is 3. The SMILES string of the molecule is COc1cc(Br)c(C(=O)c2ccc(F)cc2I)cc1OC. The first-order valence-corrected chi connectivity index (χ1v) is 7.76. The van der Waals surface area contributed by atoms with Crippen molar-refractivity contribution in [3.63, 3.8) is 0 Å². The lowest BCUT2D eigenvalue weighted by Gasteiger charge is -2.12. The van der Waals surface area contributed by atoms with E-state index < -0.39 is 0 Å². The van der Waals surface area contributed by atoms with Crippen LogP contribution in [-0.2, 0) is 0 Å². The van der Waals surface area contributed by atoms with Gasteiger partial charge in [-0.05, 0) is 68.9 Å². The van der Waals surface area contributed by atoms with Gasteiger partial charge in [-0.15, -0.1) is 0 Å². The third kappa shape index (κ3) is 3.37. The number of methoxy groups -OCH3 is 2. The smallest absolute Gasteiger partial charge is 0.195 e. The van der Waals surface area contributed by atoms with Crippen LogP contribution in [0.15, 0.2) is 34.8 Å². The van der Waals surface area contributed by atoms with Gasteiger partial charge in [-0.25, -0.2) is 4.39 Å². The first kappa shape index (κ1) is 16.2. The highest BCUT2D eigenvalue weighted by Gasteiger charge is 2.19. The van der Waals surface area contributed by atoms with Crippen LogP contribution in [0.2, 0.25) is 0 Å². The van der Waals surface area contributed by atoms with Gasteiger partial charge >= 0.3 is 0 Å². The lowest BCUT2D eigenvalue weighted by atomic mass is 10.0. The first-order valence-electron chi connectivity index (χ1n) is 5.89. The normalized spacial score (nSPS) is 10.3. The Balaban J connectivity index is 2.53. The Hall–Kier alpha value is -1.15. The van der Waals surface area contributed by atoms with Gasteiger partial charge in [0, 0.05) is 19.2 Å². The van der Waals surface area contributed by atoms with Gasteiger partial charge in [0.05, 0.1) is 14.2 Å². The predicted molar refractivity (Wildman–Crippen MR) is 89.8 cm³/mol. The Morgan fingerprint density at radius 3 is 2.29 bits per heavy atom. The molecule has 0 bridgehead atoms. The van der Waals surface area contributed by atoms with E-state index in [9.17, 15) is 9.18 Å². The molecule has 0 aliphatic carbocycles. The quantitative estimate of drug-likeness (QED) is 0.495. The molecule has 2 aromatic carbocycles. The van der Waals surface area contributed by atoms with Crippen LogP contribution in [0.25, 0.3) is 0 Å². The molecule has 0 N–H and O–H groups in total. The summed E-state index contributed by atoms with van der Waals surface area (Å²) in [4.78, 5) is 12.6. The number of rotatable bonds is 4. The highest BCUT2D eigenvalue weighted by Crippen LogP contribution is 2.34. The van der Waals surface area contributed by atoms with E-state index in [1.54, 1.807) is 12.1 Å². The van der Waals surface area contributed by atoms with Gasteiger partial charge in [-0.1, -0.05) is 0 Å². The van der Waals surface area contributed by atoms with Crippen LogP contribution >= 0.6 is 38.5 Å². The summed E-state index contributed by atoms with van der Waals surface area (Å²) in [5.41, 5.74) is 0.863. The molecule has 0 aromatic heterocycles. The van der Waals surface area contributed by atoms with Crippen LogP contribution < -0.4 is 9.47 Å². The van der Waals surface area contributed by atoms with Crippen LogP contribution in [0.5, 0.6) is 11.5 Å². The van der Waals surface area contributed by atoms with Gasteiger partial charge in [0.25, 0.3) is 0 Å². The molecule has 2 rings (SSSR count). The van der Waals surface area contributed by atoms with E-state index in [-0.39, 0.29) is 11.6 Å². The lowest BCUT2D eigenvalue weighted by molar-refractivity contribution is 0.103. The summed E-state index contributed by atoms with van der Waals surface area (Å²) >= 11 is 5.29. The van der Waals surface area contributed by atoms with Crippen molar-refractivity contribution >= 4 is 44.3 Å². The maximum absolute atomic E-state index is 13.1. The van der Waals surface area contributed by atoms with Crippen molar-refractivity contribution in [1.29, 1.82) is 0 Å². The van der Waals surface area contributed by atoms with Crippen molar-refractivity contribution in [1.82, 2.24) is 0 Å². The number of benzene rings is 2. The summed E-state index contributed by atoms with van der Waals surface area (Å²) in [6.45, 7) is 0. The summed E-state index contributed by atoms with van der Waals surface area (Å²) in [6.07, 6.45) is 0. The van der Waals surface area contributed by atoms with E-state index in [4.69, 9.17) is 9.47 Å². The van der Waals surface area contributed by atoms with E-state index in [0.29, 0.717) is 30.7 Å². The summed E-state index contributed by atoms with van der Waals surface area (Å²) in [6, 6.07) is 7.34. The van der Waals surface area contributed by atoms with Crippen molar-refractivity contribution < 1.29 is 18.7 Å². The largest absolute Gasteiger partial charge is 0.493 e. The Morgan fingerprint density at radius 1 is 1.10 bits per heavy atom. The fourth-order valence-corrected chi connectivity index (χ4v) is 3.07. The van der Waals surface area contributed by atoms with Gasteiger partial charge in [-0.3, -0.25) is 4.79 Å². The number of carbonyl (C=O) groups excluding carboxylic acids is 1. The van der Waals surface area contributed by atoms with Gasteiger partial charge in [0.15, 0.2) is 17.3 Å². The van der Waals surface area contributed by atoms with E-state index in [0.717, 1.165) is 0 Å². The van der Waals surface area contributed by atoms with Gasteiger partial charge < -0.3 is 9.47 Å². The fraction of sp³-hybridized carbons (Fsp3) is 0.133. The molecule has 0 aliphatic rings. The van der Waals surface area contributed by atoms with Crippen molar-refractivity contribution in [2.75, 3.05) is 14.2 Å². The van der Waals surface area contributed by atoms with E-state index in [2.05, 4.69) is 15.9 Å². The van der Waals surface area contributed by atoms with Gasteiger partial charge in [0.1, 0.15) is 5.82 Å². The number of carbonyl (C=O) groups is 1. The number of ether oxygens (including phenoxy) is 2. The highest BCUT2D eigenvalue weighted by atomic mass is 127. The van der Waals surface area contributed by atoms with Crippen LogP contribution in [0.4, 0.5) is 4.39 Å². The monoisotopic (exact) mass is 464 g/mol. The Labute approximate surface area is 143 Å². The molecule has 0 saturated heterocycles. The molecular weight excluding hydrogens is 454 g/mol. The summed E-state index contributed by atoms with van der Waals surface area (Å²) in [7, 11) is 3.02. The molecule has 0 aliphatic heterocycles. The maximum atomic E-state index is 13.1. The average molecular weight is 465 g/mol. The summed E-state index contributed by atoms with van der Waals surface area (Å²) in [5.74, 6) is 0.394. The number of ketones is 1. The molecule has 0 radical (unpaired) electrons. The standard InChI is InChI=1S/C15H11BrFIO3/c1-20-13-6-10(11(16)7-14(13)21-2)15(19)9-4-3-8(17)5-12(9)18/h3-7H,1-2H3. The van der Waals surface area contributed by atoms with Crippen molar-refractivity contribution in [3.05, 3.63) is 55.3 Å². The third-order valence-electron chi connectivity index (χ3n) is 2.89. The minimum absolute atomic E-state index is 0.216. The Morgan fingerprint density at radius 2 is 1.71 bits per heavy atom. The molecule has 3 nitrogen and oxygen atoms in total. The number of hydrogen-bond donors (Lipinski definition) is 0. The highest BCUT2D eigenvalue weighted by molar-refractivity contribution is 14.1. The molecule has 110 valence electrons. The fourth-order valence-electron chi connectivity index (χ4n) is 1.85. The van der Waals surface area contributed by atoms with Crippen molar-refractivity contribution in [2.45, 2.75) is 0 Å². The molecule has 0 unspecified atom stereocenters. The molecule has 0 heterocycles. The molecule has 0 saturated carbocycles. The average Bonchev–Trinajstić information content (AvgIpc) is 2.46. The third-order valence-corrected chi connectivity index (χ3v) is 4.44. The first-order chi connectivity index (χ1) is 9.97. The summed E-state index contributed by atoms with van der Waals surface area (Å²) in [5, 5.41) is 0. The molecule has 0 fully saturated rings. The molecule has 6 heteroatoms. The van der Waals surface area contributed by atoms with Crippen molar-refractivity contribution in [2.24, 2.45) is 0 Å². The zero-order valence-electron chi connectivity index (χ0n) is 11.2. The lowest BCUT2D eigenvalue weighted by Crippen LogP contribution is -2.06. The molecule has 0 spiro atoms. The Bertz CT molecular complexity index is 704. The minimum atomic E-state index is -0.373. The van der Waals surface area contributed by atoms with E-state index in [1.165, 1.54) is 32.4 Å². The van der Waals surface area contributed by atoms with Crippen LogP contribution in [0, 0.1) is 9.39 Å². The van der Waals surface area contributed by atoms with Gasteiger partial charge in [0.2, 0.25) is 0 Å². The number of hydrogen-bond acceptors (Lipinski definition) is 3. The van der Waals surface area contributed by atoms with Crippen molar-refractivity contribution in [3.8, 4) is 11.5 Å². The molecule has 0 atom stereocenters. The molecule has 21 heavy (non-hydrogen) atoms. The van der Waals surface area contributed by atoms with E-state index in [1.807, 2.05) is 22.6 Å². The second-order valence-electron chi connectivity index (χ2n) is 4.14. The molecule has 0 amide bonds. The predicted octanol–water partition coefficient (Wildman–Crippen LogP) is 4.44. The zero-order chi connectivity index (χ0) is 15.6. The molecular formula is C15H11BrFIO3. The minimum Gasteiger partial charge on any atom is -0.493 e. The second-order valence-corrected chi connectivity index (χ2v) is 6.16.